The van der Waals surface area contributed by atoms with Crippen LogP contribution in [0.15, 0.2) is 30.7 Å². The molecular formula is C21H18ClN5O2. The zero-order chi connectivity index (χ0) is 20.4. The summed E-state index contributed by atoms with van der Waals surface area (Å²) in [6.07, 6.45) is 6.77. The molecule has 0 radical (unpaired) electrons. The summed E-state index contributed by atoms with van der Waals surface area (Å²) >= 11 is 6.23. The van der Waals surface area contributed by atoms with Crippen LogP contribution in [0.2, 0.25) is 5.02 Å². The topological polar surface area (TPSA) is 89.0 Å². The highest BCUT2D eigenvalue weighted by atomic mass is 35.5. The van der Waals surface area contributed by atoms with E-state index in [2.05, 4.69) is 37.4 Å². The largest absolute Gasteiger partial charge is 0.495 e. The van der Waals surface area contributed by atoms with E-state index in [1.807, 2.05) is 6.07 Å². The number of pyridine rings is 3. The fraction of sp³-hybridized carbons (Fsp3) is 0.238. The predicted octanol–water partition coefficient (Wildman–Crippen LogP) is 3.48. The number of carbonyl (C=O) groups excluding carboxylic acids is 1. The molecule has 2 N–H and O–H groups in total. The Labute approximate surface area is 172 Å². The SMILES string of the molecule is CNc1ncc(C#Cc2ncc(OC)cc2Cl)c2cc(NC(=O)C3CC3)ncc12. The zero-order valence-corrected chi connectivity index (χ0v) is 16.7. The maximum Gasteiger partial charge on any atom is 0.228 e. The van der Waals surface area contributed by atoms with Crippen molar-refractivity contribution in [2.75, 3.05) is 24.8 Å². The number of rotatable bonds is 4. The van der Waals surface area contributed by atoms with Crippen molar-refractivity contribution in [2.45, 2.75) is 12.8 Å². The smallest absolute Gasteiger partial charge is 0.228 e. The third kappa shape index (κ3) is 4.08. The van der Waals surface area contributed by atoms with Crippen LogP contribution in [0.25, 0.3) is 10.8 Å². The van der Waals surface area contributed by atoms with Gasteiger partial charge in [0.1, 0.15) is 23.1 Å². The van der Waals surface area contributed by atoms with Gasteiger partial charge in [-0.1, -0.05) is 17.5 Å². The second kappa shape index (κ2) is 7.94. The van der Waals surface area contributed by atoms with E-state index >= 15 is 0 Å². The first-order valence-electron chi connectivity index (χ1n) is 9.08. The number of anilines is 2. The molecule has 0 atom stereocenters. The molecule has 1 aliphatic carbocycles. The second-order valence-electron chi connectivity index (χ2n) is 6.60. The van der Waals surface area contributed by atoms with Gasteiger partial charge in [-0.2, -0.15) is 0 Å². The van der Waals surface area contributed by atoms with Crippen molar-refractivity contribution in [1.29, 1.82) is 0 Å². The van der Waals surface area contributed by atoms with Crippen LogP contribution in [-0.2, 0) is 4.79 Å². The highest BCUT2D eigenvalue weighted by Crippen LogP contribution is 2.31. The van der Waals surface area contributed by atoms with Gasteiger partial charge in [0.25, 0.3) is 0 Å². The summed E-state index contributed by atoms with van der Waals surface area (Å²) in [6, 6.07) is 3.47. The summed E-state index contributed by atoms with van der Waals surface area (Å²) in [4.78, 5) is 25.1. The summed E-state index contributed by atoms with van der Waals surface area (Å²) in [7, 11) is 3.34. The van der Waals surface area contributed by atoms with Gasteiger partial charge in [0.15, 0.2) is 0 Å². The first-order chi connectivity index (χ1) is 14.1. The fourth-order valence-corrected chi connectivity index (χ4v) is 3.03. The van der Waals surface area contributed by atoms with Gasteiger partial charge in [-0.05, 0) is 24.8 Å². The van der Waals surface area contributed by atoms with E-state index in [1.54, 1.807) is 38.8 Å². The van der Waals surface area contributed by atoms with E-state index in [9.17, 15) is 4.79 Å². The summed E-state index contributed by atoms with van der Waals surface area (Å²) in [5.41, 5.74) is 1.12. The van der Waals surface area contributed by atoms with E-state index in [0.717, 1.165) is 23.6 Å². The summed E-state index contributed by atoms with van der Waals surface area (Å²) < 4.78 is 5.11. The lowest BCUT2D eigenvalue weighted by molar-refractivity contribution is -0.117. The van der Waals surface area contributed by atoms with Gasteiger partial charge in [0.2, 0.25) is 5.91 Å². The molecule has 1 saturated carbocycles. The van der Waals surface area contributed by atoms with Crippen molar-refractivity contribution in [2.24, 2.45) is 5.92 Å². The van der Waals surface area contributed by atoms with Crippen molar-refractivity contribution in [3.63, 3.8) is 0 Å². The van der Waals surface area contributed by atoms with Crippen LogP contribution in [0.5, 0.6) is 5.75 Å². The standard InChI is InChI=1S/C21H18ClN5O2/c1-23-20-16-11-25-19(27-21(28)12-3-4-12)8-15(16)13(9-26-20)5-6-18-17(22)7-14(29-2)10-24-18/h7-12H,3-4H2,1-2H3,(H,23,26)(H,25,27,28). The van der Waals surface area contributed by atoms with Crippen LogP contribution in [0.3, 0.4) is 0 Å². The first kappa shape index (κ1) is 19.0. The van der Waals surface area contributed by atoms with Gasteiger partial charge in [0, 0.05) is 42.2 Å². The summed E-state index contributed by atoms with van der Waals surface area (Å²) in [6.45, 7) is 0. The van der Waals surface area contributed by atoms with Crippen LogP contribution in [0.4, 0.5) is 11.6 Å². The molecule has 0 aliphatic heterocycles. The van der Waals surface area contributed by atoms with E-state index in [0.29, 0.717) is 33.7 Å². The Kier molecular flexibility index (Phi) is 5.19. The minimum atomic E-state index is 0.00148. The van der Waals surface area contributed by atoms with Gasteiger partial charge >= 0.3 is 0 Å². The van der Waals surface area contributed by atoms with E-state index in [4.69, 9.17) is 16.3 Å². The normalized spacial score (nSPS) is 12.8. The van der Waals surface area contributed by atoms with E-state index in [1.165, 1.54) is 0 Å². The number of aromatic nitrogens is 3. The molecule has 1 fully saturated rings. The molecule has 1 aliphatic rings. The van der Waals surface area contributed by atoms with Gasteiger partial charge < -0.3 is 15.4 Å². The van der Waals surface area contributed by atoms with Crippen LogP contribution >= 0.6 is 11.6 Å². The molecule has 0 saturated heterocycles. The number of amides is 1. The molecule has 0 unspecified atom stereocenters. The second-order valence-corrected chi connectivity index (χ2v) is 7.01. The number of carbonyl (C=O) groups is 1. The maximum absolute atomic E-state index is 12.1. The number of methoxy groups -OCH3 is 1. The quantitative estimate of drug-likeness (QED) is 0.644. The molecular weight excluding hydrogens is 390 g/mol. The highest BCUT2D eigenvalue weighted by molar-refractivity contribution is 6.31. The van der Waals surface area contributed by atoms with Crippen molar-refractivity contribution in [3.05, 3.63) is 47.0 Å². The molecule has 3 aromatic rings. The van der Waals surface area contributed by atoms with Crippen molar-refractivity contribution in [3.8, 4) is 17.6 Å². The Bertz CT molecular complexity index is 1160. The lowest BCUT2D eigenvalue weighted by Gasteiger charge is -2.09. The number of ether oxygens (including phenoxy) is 1. The molecule has 3 aromatic heterocycles. The van der Waals surface area contributed by atoms with Gasteiger partial charge in [-0.3, -0.25) is 4.79 Å². The van der Waals surface area contributed by atoms with E-state index in [-0.39, 0.29) is 11.8 Å². The third-order valence-corrected chi connectivity index (χ3v) is 4.86. The molecule has 3 heterocycles. The Morgan fingerprint density at radius 1 is 1.14 bits per heavy atom. The average molecular weight is 408 g/mol. The number of nitrogens with one attached hydrogen (secondary N) is 2. The molecule has 29 heavy (non-hydrogen) atoms. The number of hydrogen-bond donors (Lipinski definition) is 2. The number of halogens is 1. The Morgan fingerprint density at radius 2 is 1.97 bits per heavy atom. The first-order valence-corrected chi connectivity index (χ1v) is 9.45. The van der Waals surface area contributed by atoms with Crippen molar-refractivity contribution >= 4 is 39.9 Å². The average Bonchev–Trinajstić information content (AvgIpc) is 3.58. The minimum Gasteiger partial charge on any atom is -0.495 e. The molecule has 0 aromatic carbocycles. The Hall–Kier alpha value is -3.37. The zero-order valence-electron chi connectivity index (χ0n) is 15.9. The molecule has 1 amide bonds. The monoisotopic (exact) mass is 407 g/mol. The molecule has 0 spiro atoms. The van der Waals surface area contributed by atoms with Gasteiger partial charge in [0.05, 0.1) is 23.9 Å². The molecule has 4 rings (SSSR count). The van der Waals surface area contributed by atoms with Crippen LogP contribution in [-0.4, -0.2) is 35.0 Å². The number of fused-ring (bicyclic) bond motifs is 1. The highest BCUT2D eigenvalue weighted by Gasteiger charge is 2.29. The molecule has 0 bridgehead atoms. The van der Waals surface area contributed by atoms with Gasteiger partial charge in [-0.25, -0.2) is 15.0 Å². The van der Waals surface area contributed by atoms with Gasteiger partial charge in [-0.15, -0.1) is 0 Å². The van der Waals surface area contributed by atoms with Crippen molar-refractivity contribution in [1.82, 2.24) is 15.0 Å². The number of nitrogens with zero attached hydrogens (tertiary/aromatic N) is 3. The molecule has 8 heteroatoms. The van der Waals surface area contributed by atoms with Crippen LogP contribution in [0, 0.1) is 17.8 Å². The molecule has 146 valence electrons. The Morgan fingerprint density at radius 3 is 2.66 bits per heavy atom. The van der Waals surface area contributed by atoms with Crippen LogP contribution < -0.4 is 15.4 Å². The summed E-state index contributed by atoms with van der Waals surface area (Å²) in [5, 5.41) is 7.94. The maximum atomic E-state index is 12.1. The fourth-order valence-electron chi connectivity index (χ4n) is 2.83. The van der Waals surface area contributed by atoms with Crippen LogP contribution in [0.1, 0.15) is 24.1 Å². The Balaban J connectivity index is 1.74. The minimum absolute atomic E-state index is 0.00148. The number of hydrogen-bond acceptors (Lipinski definition) is 6. The third-order valence-electron chi connectivity index (χ3n) is 4.58. The van der Waals surface area contributed by atoms with Crippen molar-refractivity contribution < 1.29 is 9.53 Å². The molecule has 7 nitrogen and oxygen atoms in total. The lowest BCUT2D eigenvalue weighted by atomic mass is 10.1. The van der Waals surface area contributed by atoms with E-state index < -0.39 is 0 Å². The lowest BCUT2D eigenvalue weighted by Crippen LogP contribution is -2.14. The predicted molar refractivity (Wildman–Crippen MR) is 112 cm³/mol. The summed E-state index contributed by atoms with van der Waals surface area (Å²) in [5.74, 6) is 7.90.